The van der Waals surface area contributed by atoms with Crippen LogP contribution in [0.25, 0.3) is 22.1 Å². The fourth-order valence-corrected chi connectivity index (χ4v) is 5.05. The van der Waals surface area contributed by atoms with Gasteiger partial charge in [-0.05, 0) is 42.0 Å². The average Bonchev–Trinajstić information content (AvgIpc) is 3.52. The quantitative estimate of drug-likeness (QED) is 0.403. The summed E-state index contributed by atoms with van der Waals surface area (Å²) in [6, 6.07) is 12.9. The van der Waals surface area contributed by atoms with E-state index in [1.54, 1.807) is 42.5 Å². The number of aromatic nitrogens is 1. The summed E-state index contributed by atoms with van der Waals surface area (Å²) in [7, 11) is 1.52. The van der Waals surface area contributed by atoms with Crippen LogP contribution in [0.2, 0.25) is 0 Å². The van der Waals surface area contributed by atoms with Crippen molar-refractivity contribution in [2.24, 2.45) is 0 Å². The van der Waals surface area contributed by atoms with Gasteiger partial charge in [-0.15, -0.1) is 0 Å². The van der Waals surface area contributed by atoms with Crippen molar-refractivity contribution in [3.05, 3.63) is 77.4 Å². The minimum atomic E-state index is -1.46. The number of hydrogen-bond donors (Lipinski definition) is 2. The van der Waals surface area contributed by atoms with E-state index in [9.17, 15) is 14.4 Å². The molecule has 0 saturated carbocycles. The molecule has 1 fully saturated rings. The summed E-state index contributed by atoms with van der Waals surface area (Å²) in [6.07, 6.45) is 1.27. The molecule has 3 N–H and O–H groups in total. The van der Waals surface area contributed by atoms with Gasteiger partial charge in [0.25, 0.3) is 5.91 Å². The predicted octanol–water partition coefficient (Wildman–Crippen LogP) is 3.17. The molecular formula is C27H21FN4O5. The fraction of sp³-hybridized carbons (Fsp3) is 0.185. The first kappa shape index (κ1) is 22.7. The van der Waals surface area contributed by atoms with Gasteiger partial charge in [-0.1, -0.05) is 6.07 Å². The first-order valence-electron chi connectivity index (χ1n) is 11.5. The highest BCUT2D eigenvalue weighted by Gasteiger charge is 2.53. The Morgan fingerprint density at radius 1 is 1.14 bits per heavy atom. The molecule has 10 heteroatoms. The molecule has 0 radical (unpaired) electrons. The molecule has 9 nitrogen and oxygen atoms in total. The third-order valence-corrected chi connectivity index (χ3v) is 6.98. The molecule has 4 aromatic rings. The number of ether oxygens (including phenoxy) is 1. The van der Waals surface area contributed by atoms with E-state index in [-0.39, 0.29) is 42.3 Å². The van der Waals surface area contributed by atoms with Crippen molar-refractivity contribution in [3.63, 3.8) is 0 Å². The van der Waals surface area contributed by atoms with Crippen molar-refractivity contribution in [3.8, 4) is 16.9 Å². The SMILES string of the molecule is COc1ccc2c(c1)C(=O)N(C[C@@]1(c3cc4cc(-c5ccc(N)nc5)c(F)cc4o3)CC(=O)NC1=O)C2. The highest BCUT2D eigenvalue weighted by molar-refractivity contribution is 6.10. The Morgan fingerprint density at radius 3 is 2.68 bits per heavy atom. The molecule has 6 rings (SSSR count). The van der Waals surface area contributed by atoms with Crippen molar-refractivity contribution in [2.75, 3.05) is 19.4 Å². The molecule has 2 aliphatic heterocycles. The Labute approximate surface area is 210 Å². The second-order valence-corrected chi connectivity index (χ2v) is 9.27. The van der Waals surface area contributed by atoms with Crippen LogP contribution in [0.4, 0.5) is 10.2 Å². The maximum absolute atomic E-state index is 15.0. The van der Waals surface area contributed by atoms with Gasteiger partial charge < -0.3 is 19.8 Å². The standard InChI is InChI=1S/C27H21FN4O5/c1-36-17-4-2-15-12-32(25(34)19(15)8-17)13-27(10-24(33)31-26(27)35)22-7-16-6-18(20(28)9-21(16)37-22)14-3-5-23(29)30-11-14/h2-9,11H,10,12-13H2,1H3,(H2,29,30)(H,31,33,35)/t27-/m1/s1. The lowest BCUT2D eigenvalue weighted by Crippen LogP contribution is -2.46. The van der Waals surface area contributed by atoms with Crippen LogP contribution >= 0.6 is 0 Å². The van der Waals surface area contributed by atoms with Crippen molar-refractivity contribution >= 4 is 34.5 Å². The van der Waals surface area contributed by atoms with E-state index in [1.807, 2.05) is 0 Å². The van der Waals surface area contributed by atoms with Crippen molar-refractivity contribution in [2.45, 2.75) is 18.4 Å². The van der Waals surface area contributed by atoms with Gasteiger partial charge in [0.15, 0.2) is 0 Å². The highest BCUT2D eigenvalue weighted by Crippen LogP contribution is 2.40. The molecule has 4 heterocycles. The number of carbonyl (C=O) groups excluding carboxylic acids is 3. The third kappa shape index (κ3) is 3.60. The molecule has 2 aromatic heterocycles. The molecule has 186 valence electrons. The molecular weight excluding hydrogens is 479 g/mol. The zero-order chi connectivity index (χ0) is 25.9. The number of nitrogens with two attached hydrogens (primary N) is 1. The largest absolute Gasteiger partial charge is 0.497 e. The fourth-order valence-electron chi connectivity index (χ4n) is 5.05. The number of nitrogens with zero attached hydrogens (tertiary/aromatic N) is 2. The van der Waals surface area contributed by atoms with Crippen LogP contribution in [0.3, 0.4) is 0 Å². The molecule has 0 bridgehead atoms. The van der Waals surface area contributed by atoms with Gasteiger partial charge in [0.05, 0.1) is 13.5 Å². The normalized spacial score (nSPS) is 19.0. The highest BCUT2D eigenvalue weighted by atomic mass is 19.1. The number of methoxy groups -OCH3 is 1. The second kappa shape index (κ2) is 8.16. The van der Waals surface area contributed by atoms with Crippen LogP contribution in [0.1, 0.15) is 28.1 Å². The van der Waals surface area contributed by atoms with E-state index in [1.165, 1.54) is 24.3 Å². The third-order valence-electron chi connectivity index (χ3n) is 6.98. The molecule has 0 aliphatic carbocycles. The van der Waals surface area contributed by atoms with Gasteiger partial charge in [-0.3, -0.25) is 19.7 Å². The van der Waals surface area contributed by atoms with Crippen molar-refractivity contribution in [1.29, 1.82) is 0 Å². The minimum absolute atomic E-state index is 0.0859. The number of halogens is 1. The van der Waals surface area contributed by atoms with E-state index in [0.717, 1.165) is 5.56 Å². The molecule has 0 spiro atoms. The Balaban J connectivity index is 1.40. The number of amides is 3. The maximum Gasteiger partial charge on any atom is 0.254 e. The van der Waals surface area contributed by atoms with Gasteiger partial charge in [0.1, 0.15) is 34.1 Å². The lowest BCUT2D eigenvalue weighted by Gasteiger charge is -2.28. The van der Waals surface area contributed by atoms with E-state index < -0.39 is 23.0 Å². The number of fused-ring (bicyclic) bond motifs is 2. The number of benzene rings is 2. The summed E-state index contributed by atoms with van der Waals surface area (Å²) in [5.41, 5.74) is 6.48. The summed E-state index contributed by atoms with van der Waals surface area (Å²) in [6.45, 7) is 0.183. The number of carbonyl (C=O) groups is 3. The molecule has 3 amide bonds. The van der Waals surface area contributed by atoms with Gasteiger partial charge >= 0.3 is 0 Å². The molecule has 1 atom stereocenters. The number of nitrogens with one attached hydrogen (secondary N) is 1. The number of rotatable bonds is 5. The predicted molar refractivity (Wildman–Crippen MR) is 131 cm³/mol. The smallest absolute Gasteiger partial charge is 0.254 e. The average molecular weight is 500 g/mol. The van der Waals surface area contributed by atoms with E-state index in [0.29, 0.717) is 28.1 Å². The Hall–Kier alpha value is -4.73. The summed E-state index contributed by atoms with van der Waals surface area (Å²) in [4.78, 5) is 44.3. The first-order chi connectivity index (χ1) is 17.8. The number of hydrogen-bond acceptors (Lipinski definition) is 7. The first-order valence-corrected chi connectivity index (χ1v) is 11.5. The van der Waals surface area contributed by atoms with Gasteiger partial charge in [-0.25, -0.2) is 9.37 Å². The van der Waals surface area contributed by atoms with Gasteiger partial charge in [0.2, 0.25) is 11.8 Å². The summed E-state index contributed by atoms with van der Waals surface area (Å²) in [5, 5.41) is 2.88. The molecule has 2 aromatic carbocycles. The lowest BCUT2D eigenvalue weighted by atomic mass is 9.82. The second-order valence-electron chi connectivity index (χ2n) is 9.27. The molecule has 1 saturated heterocycles. The zero-order valence-electron chi connectivity index (χ0n) is 19.7. The minimum Gasteiger partial charge on any atom is -0.497 e. The number of imide groups is 1. The monoisotopic (exact) mass is 500 g/mol. The van der Waals surface area contributed by atoms with Crippen LogP contribution in [-0.4, -0.2) is 41.3 Å². The summed E-state index contributed by atoms with van der Waals surface area (Å²) < 4.78 is 26.2. The maximum atomic E-state index is 15.0. The molecule has 2 aliphatic rings. The van der Waals surface area contributed by atoms with E-state index in [4.69, 9.17) is 14.9 Å². The van der Waals surface area contributed by atoms with E-state index >= 15 is 4.39 Å². The number of furan rings is 1. The van der Waals surface area contributed by atoms with E-state index in [2.05, 4.69) is 10.3 Å². The lowest BCUT2D eigenvalue weighted by molar-refractivity contribution is -0.127. The van der Waals surface area contributed by atoms with Crippen LogP contribution in [-0.2, 0) is 21.5 Å². The Kier molecular flexibility index (Phi) is 5.01. The zero-order valence-corrected chi connectivity index (χ0v) is 19.7. The van der Waals surface area contributed by atoms with Crippen LogP contribution in [0.5, 0.6) is 5.75 Å². The van der Waals surface area contributed by atoms with Crippen LogP contribution < -0.4 is 15.8 Å². The topological polar surface area (TPSA) is 128 Å². The summed E-state index contributed by atoms with van der Waals surface area (Å²) >= 11 is 0. The summed E-state index contributed by atoms with van der Waals surface area (Å²) in [5.74, 6) is -0.826. The number of anilines is 1. The van der Waals surface area contributed by atoms with Gasteiger partial charge in [-0.2, -0.15) is 0 Å². The van der Waals surface area contributed by atoms with Crippen LogP contribution in [0, 0.1) is 5.82 Å². The van der Waals surface area contributed by atoms with Crippen molar-refractivity contribution < 1.29 is 27.9 Å². The van der Waals surface area contributed by atoms with Crippen molar-refractivity contribution in [1.82, 2.24) is 15.2 Å². The Morgan fingerprint density at radius 2 is 1.97 bits per heavy atom. The number of pyridine rings is 1. The van der Waals surface area contributed by atoms with Gasteiger partial charge in [0, 0.05) is 47.4 Å². The number of nitrogen functional groups attached to an aromatic ring is 1. The van der Waals surface area contributed by atoms with Crippen LogP contribution in [0.15, 0.2) is 59.1 Å². The molecule has 0 unspecified atom stereocenters. The molecule has 37 heavy (non-hydrogen) atoms. The Bertz CT molecular complexity index is 1610.